The Morgan fingerprint density at radius 1 is 1.10 bits per heavy atom. The zero-order valence-electron chi connectivity index (χ0n) is 13.9. The Morgan fingerprint density at radius 3 is 2.43 bits per heavy atom. The molecular formula is C19H32O2. The van der Waals surface area contributed by atoms with Gasteiger partial charge in [-0.25, -0.2) is 0 Å². The Hall–Kier alpha value is -0.860. The minimum Gasteiger partial charge on any atom is -0.396 e. The first-order chi connectivity index (χ1) is 10.1. The number of aliphatic hydroxyl groups is 2. The number of aliphatic hydroxyl groups excluding tert-OH is 2. The van der Waals surface area contributed by atoms with Gasteiger partial charge in [-0.05, 0) is 71.1 Å². The summed E-state index contributed by atoms with van der Waals surface area (Å²) in [6, 6.07) is 0. The highest BCUT2D eigenvalue weighted by atomic mass is 16.3. The first-order valence-corrected chi connectivity index (χ1v) is 8.25. The van der Waals surface area contributed by atoms with Gasteiger partial charge in [0.05, 0.1) is 0 Å². The van der Waals surface area contributed by atoms with E-state index in [0.29, 0.717) is 0 Å². The first kappa shape index (κ1) is 18.2. The van der Waals surface area contributed by atoms with Crippen molar-refractivity contribution >= 4 is 0 Å². The van der Waals surface area contributed by atoms with Gasteiger partial charge in [0.1, 0.15) is 0 Å². The fourth-order valence-electron chi connectivity index (χ4n) is 2.93. The molecule has 0 heterocycles. The molecular weight excluding hydrogens is 260 g/mol. The van der Waals surface area contributed by atoms with E-state index in [2.05, 4.69) is 39.0 Å². The van der Waals surface area contributed by atoms with Crippen LogP contribution < -0.4 is 0 Å². The van der Waals surface area contributed by atoms with Crippen molar-refractivity contribution in [3.63, 3.8) is 0 Å². The Morgan fingerprint density at radius 2 is 1.81 bits per heavy atom. The Bertz CT molecular complexity index is 386. The van der Waals surface area contributed by atoms with Crippen LogP contribution in [0.25, 0.3) is 0 Å². The molecule has 1 rings (SSSR count). The molecule has 0 saturated heterocycles. The highest BCUT2D eigenvalue weighted by Gasteiger charge is 2.24. The predicted molar refractivity (Wildman–Crippen MR) is 90.1 cm³/mol. The van der Waals surface area contributed by atoms with Crippen molar-refractivity contribution in [2.45, 2.75) is 59.3 Å². The number of rotatable bonds is 8. The summed E-state index contributed by atoms with van der Waals surface area (Å²) < 4.78 is 0. The third kappa shape index (κ3) is 7.10. The van der Waals surface area contributed by atoms with Crippen molar-refractivity contribution in [2.75, 3.05) is 13.2 Å². The summed E-state index contributed by atoms with van der Waals surface area (Å²) in [7, 11) is 0. The molecule has 0 aromatic carbocycles. The lowest BCUT2D eigenvalue weighted by atomic mass is 9.79. The zero-order valence-corrected chi connectivity index (χ0v) is 13.9. The molecule has 0 spiro atoms. The third-order valence-corrected chi connectivity index (χ3v) is 4.42. The van der Waals surface area contributed by atoms with E-state index in [1.165, 1.54) is 16.7 Å². The largest absolute Gasteiger partial charge is 0.396 e. The summed E-state index contributed by atoms with van der Waals surface area (Å²) in [5.41, 5.74) is 4.31. The van der Waals surface area contributed by atoms with E-state index in [4.69, 9.17) is 0 Å². The molecule has 2 unspecified atom stereocenters. The first-order valence-electron chi connectivity index (χ1n) is 8.25. The SMILES string of the molecule is CC(C)=CCC/C(C)=C/CCC1=CCC(CO)C(CO)C1. The molecule has 2 nitrogen and oxygen atoms in total. The molecule has 1 aliphatic carbocycles. The average molecular weight is 292 g/mol. The molecule has 2 N–H and O–H groups in total. The lowest BCUT2D eigenvalue weighted by Crippen LogP contribution is -2.25. The number of hydrogen-bond acceptors (Lipinski definition) is 2. The van der Waals surface area contributed by atoms with Crippen LogP contribution in [0.5, 0.6) is 0 Å². The van der Waals surface area contributed by atoms with Crippen LogP contribution >= 0.6 is 0 Å². The molecule has 1 aliphatic rings. The fraction of sp³-hybridized carbons (Fsp3) is 0.684. The van der Waals surface area contributed by atoms with Gasteiger partial charge in [0.2, 0.25) is 0 Å². The van der Waals surface area contributed by atoms with Gasteiger partial charge in [0, 0.05) is 13.2 Å². The van der Waals surface area contributed by atoms with E-state index in [9.17, 15) is 10.2 Å². The summed E-state index contributed by atoms with van der Waals surface area (Å²) in [6.45, 7) is 6.89. The van der Waals surface area contributed by atoms with Crippen LogP contribution in [0, 0.1) is 11.8 Å². The Labute approximate surface area is 130 Å². The van der Waals surface area contributed by atoms with Gasteiger partial charge in [0.15, 0.2) is 0 Å². The molecule has 2 heteroatoms. The van der Waals surface area contributed by atoms with E-state index in [1.54, 1.807) is 0 Å². The van der Waals surface area contributed by atoms with Crippen molar-refractivity contribution < 1.29 is 10.2 Å². The van der Waals surface area contributed by atoms with Gasteiger partial charge >= 0.3 is 0 Å². The maximum Gasteiger partial charge on any atom is 0.0465 e. The van der Waals surface area contributed by atoms with Gasteiger partial charge in [-0.1, -0.05) is 34.9 Å². The van der Waals surface area contributed by atoms with Gasteiger partial charge in [-0.15, -0.1) is 0 Å². The van der Waals surface area contributed by atoms with Crippen molar-refractivity contribution in [3.05, 3.63) is 34.9 Å². The van der Waals surface area contributed by atoms with Crippen LogP contribution in [0.1, 0.15) is 59.3 Å². The summed E-state index contributed by atoms with van der Waals surface area (Å²) in [6.07, 6.45) is 13.3. The van der Waals surface area contributed by atoms with Crippen molar-refractivity contribution in [3.8, 4) is 0 Å². The van der Waals surface area contributed by atoms with Gasteiger partial charge in [-0.2, -0.15) is 0 Å². The second-order valence-electron chi connectivity index (χ2n) is 6.60. The maximum absolute atomic E-state index is 9.41. The molecule has 0 aromatic heterocycles. The fourth-order valence-corrected chi connectivity index (χ4v) is 2.93. The lowest BCUT2D eigenvalue weighted by Gasteiger charge is -2.28. The van der Waals surface area contributed by atoms with E-state index in [0.717, 1.165) is 38.5 Å². The normalized spacial score (nSPS) is 22.9. The highest BCUT2D eigenvalue weighted by Crippen LogP contribution is 2.31. The highest BCUT2D eigenvalue weighted by molar-refractivity contribution is 5.11. The Balaban J connectivity index is 2.35. The molecule has 0 amide bonds. The standard InChI is InChI=1S/C19H32O2/c1-15(2)6-4-7-16(3)8-5-9-17-10-11-18(13-20)19(12-17)14-21/h6,8,10,18-21H,4-5,7,9,11-14H2,1-3H3/b16-8+. The van der Waals surface area contributed by atoms with Crippen molar-refractivity contribution in [1.29, 1.82) is 0 Å². The molecule has 21 heavy (non-hydrogen) atoms. The molecule has 0 radical (unpaired) electrons. The monoisotopic (exact) mass is 292 g/mol. The molecule has 2 atom stereocenters. The van der Waals surface area contributed by atoms with Crippen LogP contribution in [0.15, 0.2) is 34.9 Å². The van der Waals surface area contributed by atoms with E-state index >= 15 is 0 Å². The molecule has 0 aromatic rings. The van der Waals surface area contributed by atoms with Crippen LogP contribution in [-0.2, 0) is 0 Å². The van der Waals surface area contributed by atoms with Gasteiger partial charge in [0.25, 0.3) is 0 Å². The summed E-state index contributed by atoms with van der Waals surface area (Å²) in [4.78, 5) is 0. The molecule has 0 saturated carbocycles. The van der Waals surface area contributed by atoms with Crippen molar-refractivity contribution in [2.24, 2.45) is 11.8 Å². The third-order valence-electron chi connectivity index (χ3n) is 4.42. The van der Waals surface area contributed by atoms with Crippen molar-refractivity contribution in [1.82, 2.24) is 0 Å². The molecule has 0 fully saturated rings. The molecule has 120 valence electrons. The predicted octanol–water partition coefficient (Wildman–Crippen LogP) is 4.40. The van der Waals surface area contributed by atoms with Crippen LogP contribution in [-0.4, -0.2) is 23.4 Å². The van der Waals surface area contributed by atoms with E-state index in [1.807, 2.05) is 0 Å². The number of hydrogen-bond donors (Lipinski definition) is 2. The van der Waals surface area contributed by atoms with Crippen LogP contribution in [0.3, 0.4) is 0 Å². The summed E-state index contributed by atoms with van der Waals surface area (Å²) >= 11 is 0. The van der Waals surface area contributed by atoms with Gasteiger partial charge in [-0.3, -0.25) is 0 Å². The molecule has 0 bridgehead atoms. The molecule has 0 aliphatic heterocycles. The van der Waals surface area contributed by atoms with Crippen LogP contribution in [0.4, 0.5) is 0 Å². The minimum absolute atomic E-state index is 0.193. The minimum atomic E-state index is 0.193. The van der Waals surface area contributed by atoms with E-state index in [-0.39, 0.29) is 25.0 Å². The Kier molecular flexibility index (Phi) is 8.63. The topological polar surface area (TPSA) is 40.5 Å². The quantitative estimate of drug-likeness (QED) is 0.651. The second kappa shape index (κ2) is 9.97. The number of allylic oxidation sites excluding steroid dienone is 6. The second-order valence-corrected chi connectivity index (χ2v) is 6.60. The van der Waals surface area contributed by atoms with Crippen LogP contribution in [0.2, 0.25) is 0 Å². The zero-order chi connectivity index (χ0) is 15.7. The summed E-state index contributed by atoms with van der Waals surface area (Å²) in [5.74, 6) is 0.498. The van der Waals surface area contributed by atoms with E-state index < -0.39 is 0 Å². The maximum atomic E-state index is 9.41. The average Bonchev–Trinajstić information content (AvgIpc) is 2.46. The smallest absolute Gasteiger partial charge is 0.0465 e. The summed E-state index contributed by atoms with van der Waals surface area (Å²) in [5, 5.41) is 18.7. The lowest BCUT2D eigenvalue weighted by molar-refractivity contribution is 0.115. The van der Waals surface area contributed by atoms with Gasteiger partial charge < -0.3 is 10.2 Å².